The predicted molar refractivity (Wildman–Crippen MR) is 99.7 cm³/mol. The van der Waals surface area contributed by atoms with Crippen molar-refractivity contribution in [3.8, 4) is 0 Å². The second-order valence-corrected chi connectivity index (χ2v) is 7.78. The van der Waals surface area contributed by atoms with E-state index in [4.69, 9.17) is 15.5 Å². The smallest absolute Gasteiger partial charge is 0.248 e. The van der Waals surface area contributed by atoms with Crippen LogP contribution in [-0.2, 0) is 14.3 Å². The molecule has 0 unspecified atom stereocenters. The van der Waals surface area contributed by atoms with E-state index in [1.807, 2.05) is 18.2 Å². The Morgan fingerprint density at radius 3 is 2.85 bits per heavy atom. The summed E-state index contributed by atoms with van der Waals surface area (Å²) < 4.78 is 6.51. The third kappa shape index (κ3) is 3.24. The third-order valence-corrected chi connectivity index (χ3v) is 6.24. The Kier molecular flexibility index (Phi) is 4.74. The fraction of sp³-hybridized carbons (Fsp3) is 0.421. The van der Waals surface area contributed by atoms with Crippen molar-refractivity contribution in [1.82, 2.24) is 9.88 Å². The van der Waals surface area contributed by atoms with Crippen LogP contribution in [0.25, 0.3) is 10.2 Å². The van der Waals surface area contributed by atoms with Gasteiger partial charge in [-0.05, 0) is 25.0 Å². The quantitative estimate of drug-likeness (QED) is 0.837. The summed E-state index contributed by atoms with van der Waals surface area (Å²) in [5, 5.41) is 1.01. The molecule has 0 radical (unpaired) electrons. The van der Waals surface area contributed by atoms with Gasteiger partial charge in [-0.3, -0.25) is 9.59 Å². The first kappa shape index (κ1) is 17.2. The molecule has 4 rings (SSSR count). The molecule has 0 bridgehead atoms. The van der Waals surface area contributed by atoms with E-state index in [2.05, 4.69) is 18.2 Å². The van der Waals surface area contributed by atoms with E-state index < -0.39 is 12.0 Å². The largest absolute Gasteiger partial charge is 0.367 e. The number of amides is 2. The average Bonchev–Trinajstić information content (AvgIpc) is 3.11. The van der Waals surface area contributed by atoms with Crippen LogP contribution in [0.15, 0.2) is 36.4 Å². The molecule has 0 spiro atoms. The van der Waals surface area contributed by atoms with Crippen molar-refractivity contribution in [1.29, 1.82) is 0 Å². The summed E-state index contributed by atoms with van der Waals surface area (Å²) >= 11 is 1.66. The van der Waals surface area contributed by atoms with Crippen molar-refractivity contribution in [2.45, 2.75) is 24.9 Å². The standard InChI is InChI=1S/C19H21N3O3S/c20-17(23)15-11-22(9-10-25-15)19(24)13-6-2-1-5-12(13)18-21-14-7-3-4-8-16(14)26-18/h1-4,7-8,12-13,15H,5-6,9-11H2,(H2,20,23)/t12-,13-,15+/m1/s1. The number of nitrogens with two attached hydrogens (primary N) is 1. The number of primary amides is 1. The molecule has 2 aliphatic rings. The predicted octanol–water partition coefficient (Wildman–Crippen LogP) is 2.06. The van der Waals surface area contributed by atoms with Crippen molar-refractivity contribution in [2.75, 3.05) is 19.7 Å². The van der Waals surface area contributed by atoms with E-state index in [9.17, 15) is 9.59 Å². The monoisotopic (exact) mass is 371 g/mol. The number of thiazole rings is 1. The molecule has 7 heteroatoms. The lowest BCUT2D eigenvalue weighted by atomic mass is 9.82. The Bertz CT molecular complexity index is 830. The number of fused-ring (bicyclic) bond motifs is 1. The highest BCUT2D eigenvalue weighted by atomic mass is 32.1. The van der Waals surface area contributed by atoms with Gasteiger partial charge in [-0.15, -0.1) is 11.3 Å². The summed E-state index contributed by atoms with van der Waals surface area (Å²) in [6, 6.07) is 8.05. The summed E-state index contributed by atoms with van der Waals surface area (Å²) in [6.07, 6.45) is 4.98. The molecule has 6 nitrogen and oxygen atoms in total. The molecule has 2 amide bonds. The van der Waals surface area contributed by atoms with Crippen molar-refractivity contribution in [2.24, 2.45) is 11.7 Å². The number of benzene rings is 1. The van der Waals surface area contributed by atoms with Crippen LogP contribution in [0.3, 0.4) is 0 Å². The Hall–Kier alpha value is -2.25. The molecule has 2 N–H and O–H groups in total. The fourth-order valence-electron chi connectivity index (χ4n) is 3.66. The number of carbonyl (C=O) groups is 2. The van der Waals surface area contributed by atoms with E-state index in [-0.39, 0.29) is 24.3 Å². The SMILES string of the molecule is NC(=O)[C@@H]1CN(C(=O)[C@@H]2CC=CC[C@H]2c2nc3ccccc3s2)CCO1. The molecule has 136 valence electrons. The highest BCUT2D eigenvalue weighted by Gasteiger charge is 2.37. The minimum absolute atomic E-state index is 0.0631. The molecule has 3 atom stereocenters. The highest BCUT2D eigenvalue weighted by Crippen LogP contribution is 2.39. The summed E-state index contributed by atoms with van der Waals surface area (Å²) in [5.41, 5.74) is 6.33. The number of allylic oxidation sites excluding steroid dienone is 2. The van der Waals surface area contributed by atoms with E-state index >= 15 is 0 Å². The lowest BCUT2D eigenvalue weighted by molar-refractivity contribution is -0.148. The van der Waals surface area contributed by atoms with Crippen LogP contribution in [-0.4, -0.2) is 47.5 Å². The van der Waals surface area contributed by atoms with E-state index in [1.54, 1.807) is 16.2 Å². The van der Waals surface area contributed by atoms with Crippen LogP contribution < -0.4 is 5.73 Å². The van der Waals surface area contributed by atoms with Gasteiger partial charge in [0.2, 0.25) is 11.8 Å². The van der Waals surface area contributed by atoms with Crippen LogP contribution in [0.5, 0.6) is 0 Å². The number of hydrogen-bond donors (Lipinski definition) is 1. The molecule has 1 aromatic heterocycles. The minimum atomic E-state index is -0.715. The number of ether oxygens (including phenoxy) is 1. The Labute approximate surface area is 155 Å². The third-order valence-electron chi connectivity index (χ3n) is 5.07. The topological polar surface area (TPSA) is 85.5 Å². The van der Waals surface area contributed by atoms with Gasteiger partial charge in [0.25, 0.3) is 0 Å². The van der Waals surface area contributed by atoms with Gasteiger partial charge >= 0.3 is 0 Å². The first-order valence-corrected chi connectivity index (χ1v) is 9.65. The molecule has 0 saturated carbocycles. The lowest BCUT2D eigenvalue weighted by Crippen LogP contribution is -2.52. The normalized spacial score (nSPS) is 26.2. The summed E-state index contributed by atoms with van der Waals surface area (Å²) in [4.78, 5) is 31.1. The molecule has 1 aliphatic heterocycles. The van der Waals surface area contributed by atoms with Crippen molar-refractivity contribution < 1.29 is 14.3 Å². The van der Waals surface area contributed by atoms with Gasteiger partial charge in [0.15, 0.2) is 6.10 Å². The van der Waals surface area contributed by atoms with E-state index in [1.165, 1.54) is 0 Å². The number of aromatic nitrogens is 1. The molecule has 26 heavy (non-hydrogen) atoms. The molecular weight excluding hydrogens is 350 g/mol. The maximum atomic E-state index is 13.2. The summed E-state index contributed by atoms with van der Waals surface area (Å²) in [6.45, 7) is 1.07. The van der Waals surface area contributed by atoms with Gasteiger partial charge < -0.3 is 15.4 Å². The molecule has 2 aromatic rings. The van der Waals surface area contributed by atoms with Gasteiger partial charge in [0.1, 0.15) is 0 Å². The number of nitrogens with zero attached hydrogens (tertiary/aromatic N) is 2. The average molecular weight is 371 g/mol. The van der Waals surface area contributed by atoms with Gasteiger partial charge in [0.05, 0.1) is 34.3 Å². The molecule has 1 aliphatic carbocycles. The number of carbonyl (C=O) groups excluding carboxylic acids is 2. The number of rotatable bonds is 3. The van der Waals surface area contributed by atoms with Crippen LogP contribution in [0.2, 0.25) is 0 Å². The van der Waals surface area contributed by atoms with Crippen molar-refractivity contribution in [3.63, 3.8) is 0 Å². The Morgan fingerprint density at radius 1 is 1.23 bits per heavy atom. The number of morpholine rings is 1. The number of hydrogen-bond acceptors (Lipinski definition) is 5. The van der Waals surface area contributed by atoms with Crippen LogP contribution in [0.4, 0.5) is 0 Å². The minimum Gasteiger partial charge on any atom is -0.367 e. The second-order valence-electron chi connectivity index (χ2n) is 6.72. The fourth-order valence-corrected chi connectivity index (χ4v) is 4.81. The van der Waals surface area contributed by atoms with Gasteiger partial charge in [-0.1, -0.05) is 24.3 Å². The van der Waals surface area contributed by atoms with Crippen molar-refractivity contribution in [3.05, 3.63) is 41.4 Å². The van der Waals surface area contributed by atoms with E-state index in [0.29, 0.717) is 19.6 Å². The first-order chi connectivity index (χ1) is 12.6. The summed E-state index contributed by atoms with van der Waals surface area (Å²) in [5.74, 6) is -0.547. The maximum Gasteiger partial charge on any atom is 0.248 e. The Morgan fingerprint density at radius 2 is 2.04 bits per heavy atom. The second kappa shape index (κ2) is 7.17. The molecule has 1 aromatic carbocycles. The maximum absolute atomic E-state index is 13.2. The molecule has 2 heterocycles. The summed E-state index contributed by atoms with van der Waals surface area (Å²) in [7, 11) is 0. The zero-order valence-corrected chi connectivity index (χ0v) is 15.2. The molecule has 1 saturated heterocycles. The Balaban J connectivity index is 1.58. The lowest BCUT2D eigenvalue weighted by Gasteiger charge is -2.36. The van der Waals surface area contributed by atoms with E-state index in [0.717, 1.165) is 21.6 Å². The number of para-hydroxylation sites is 1. The van der Waals surface area contributed by atoms with Crippen LogP contribution in [0, 0.1) is 5.92 Å². The first-order valence-electron chi connectivity index (χ1n) is 8.83. The van der Waals surface area contributed by atoms with Gasteiger partial charge in [0, 0.05) is 12.5 Å². The highest BCUT2D eigenvalue weighted by molar-refractivity contribution is 7.18. The van der Waals surface area contributed by atoms with Gasteiger partial charge in [-0.2, -0.15) is 0 Å². The molecule has 1 fully saturated rings. The van der Waals surface area contributed by atoms with Crippen LogP contribution in [0.1, 0.15) is 23.8 Å². The zero-order valence-electron chi connectivity index (χ0n) is 14.3. The molecular formula is C19H21N3O3S. The zero-order chi connectivity index (χ0) is 18.1. The van der Waals surface area contributed by atoms with Crippen LogP contribution >= 0.6 is 11.3 Å². The van der Waals surface area contributed by atoms with Crippen molar-refractivity contribution >= 4 is 33.4 Å². The van der Waals surface area contributed by atoms with Gasteiger partial charge in [-0.25, -0.2) is 4.98 Å².